The van der Waals surface area contributed by atoms with E-state index in [1.165, 1.54) is 0 Å². The maximum Gasteiger partial charge on any atom is -0.0163 e. The van der Waals surface area contributed by atoms with Crippen molar-refractivity contribution in [2.75, 3.05) is 0 Å². The lowest BCUT2D eigenvalue weighted by Crippen LogP contribution is -1.70. The fraction of sp³-hybridized carbons (Fsp3) is 0.250. The fourth-order valence-electron chi connectivity index (χ4n) is 0.999. The first-order chi connectivity index (χ1) is 6.00. The number of allylic oxidation sites excluding steroid dienone is 8. The van der Waals surface area contributed by atoms with Gasteiger partial charge in [-0.05, 0) is 25.7 Å². The molecule has 1 aliphatic rings. The summed E-state index contributed by atoms with van der Waals surface area (Å²) in [6, 6.07) is 0. The molecule has 0 amide bonds. The van der Waals surface area contributed by atoms with E-state index in [0.29, 0.717) is 0 Å². The highest BCUT2D eigenvalue weighted by Crippen LogP contribution is 1.99. The molecule has 0 heteroatoms. The van der Waals surface area contributed by atoms with E-state index in [9.17, 15) is 0 Å². The second kappa shape index (κ2) is 6.66. The minimum Gasteiger partial charge on any atom is -0.0845 e. The molecule has 0 aromatic carbocycles. The van der Waals surface area contributed by atoms with Crippen molar-refractivity contribution in [1.82, 2.24) is 0 Å². The van der Waals surface area contributed by atoms with Crippen molar-refractivity contribution >= 4 is 0 Å². The van der Waals surface area contributed by atoms with Crippen LogP contribution in [0, 0.1) is 6.42 Å². The van der Waals surface area contributed by atoms with Crippen LogP contribution in [0.4, 0.5) is 0 Å². The van der Waals surface area contributed by atoms with E-state index in [1.807, 2.05) is 0 Å². The van der Waals surface area contributed by atoms with Crippen LogP contribution in [0.1, 0.15) is 19.3 Å². The first-order valence-electron chi connectivity index (χ1n) is 4.47. The molecule has 0 aliphatic heterocycles. The number of hydrogen-bond donors (Lipinski definition) is 0. The van der Waals surface area contributed by atoms with Gasteiger partial charge in [0.15, 0.2) is 0 Å². The maximum atomic E-state index is 2.20. The number of rotatable bonds is 0. The predicted molar refractivity (Wildman–Crippen MR) is 54.7 cm³/mol. The van der Waals surface area contributed by atoms with Gasteiger partial charge in [-0.1, -0.05) is 48.6 Å². The van der Waals surface area contributed by atoms with Gasteiger partial charge in [-0.2, -0.15) is 0 Å². The van der Waals surface area contributed by atoms with Gasteiger partial charge in [0.1, 0.15) is 0 Å². The average molecular weight is 159 g/mol. The van der Waals surface area contributed by atoms with Gasteiger partial charge in [-0.3, -0.25) is 0 Å². The highest BCUT2D eigenvalue weighted by Gasteiger charge is 1.80. The van der Waals surface area contributed by atoms with Gasteiger partial charge in [0, 0.05) is 0 Å². The summed E-state index contributed by atoms with van der Waals surface area (Å²) in [5.41, 5.74) is 0. The lowest BCUT2D eigenvalue weighted by Gasteiger charge is -1.89. The van der Waals surface area contributed by atoms with E-state index in [0.717, 1.165) is 19.3 Å². The smallest absolute Gasteiger partial charge is 0.0163 e. The van der Waals surface area contributed by atoms with Crippen molar-refractivity contribution in [2.24, 2.45) is 0 Å². The van der Waals surface area contributed by atoms with Crippen LogP contribution in [-0.4, -0.2) is 0 Å². The van der Waals surface area contributed by atoms with Crippen LogP contribution in [-0.2, 0) is 0 Å². The molecule has 1 aliphatic carbocycles. The zero-order chi connectivity index (χ0) is 8.49. The Morgan fingerprint density at radius 2 is 1.33 bits per heavy atom. The molecule has 0 aromatic rings. The average Bonchev–Trinajstić information content (AvgIpc) is 2.05. The Balaban J connectivity index is 2.42. The molecule has 63 valence electrons. The molecule has 0 saturated carbocycles. The first-order valence-corrected chi connectivity index (χ1v) is 4.47. The Bertz CT molecular complexity index is 182. The molecule has 0 saturated heterocycles. The molecule has 0 aromatic heterocycles. The van der Waals surface area contributed by atoms with Gasteiger partial charge >= 0.3 is 0 Å². The Morgan fingerprint density at radius 3 is 2.25 bits per heavy atom. The van der Waals surface area contributed by atoms with Crippen molar-refractivity contribution in [3.63, 3.8) is 0 Å². The van der Waals surface area contributed by atoms with Gasteiger partial charge in [0.25, 0.3) is 0 Å². The van der Waals surface area contributed by atoms with E-state index >= 15 is 0 Å². The molecule has 0 heterocycles. The Hall–Kier alpha value is -1.04. The van der Waals surface area contributed by atoms with E-state index in [2.05, 4.69) is 55.0 Å². The van der Waals surface area contributed by atoms with Crippen LogP contribution >= 0.6 is 0 Å². The van der Waals surface area contributed by atoms with Crippen LogP contribution < -0.4 is 0 Å². The van der Waals surface area contributed by atoms with Gasteiger partial charge in [-0.25, -0.2) is 0 Å². The second-order valence-corrected chi connectivity index (χ2v) is 2.72. The molecule has 1 radical (unpaired) electrons. The van der Waals surface area contributed by atoms with E-state index < -0.39 is 0 Å². The lowest BCUT2D eigenvalue weighted by molar-refractivity contribution is 1.00. The summed E-state index contributed by atoms with van der Waals surface area (Å²) >= 11 is 0. The van der Waals surface area contributed by atoms with Crippen LogP contribution in [0.2, 0.25) is 0 Å². The van der Waals surface area contributed by atoms with Crippen LogP contribution in [0.3, 0.4) is 0 Å². The summed E-state index contributed by atoms with van der Waals surface area (Å²) in [5, 5.41) is 0. The van der Waals surface area contributed by atoms with Crippen molar-refractivity contribution in [3.8, 4) is 0 Å². The van der Waals surface area contributed by atoms with Gasteiger partial charge in [0.05, 0.1) is 0 Å². The molecule has 0 unspecified atom stereocenters. The van der Waals surface area contributed by atoms with Crippen molar-refractivity contribution in [1.29, 1.82) is 0 Å². The molecule has 0 atom stereocenters. The van der Waals surface area contributed by atoms with Crippen molar-refractivity contribution in [3.05, 3.63) is 55.0 Å². The normalized spacial score (nSPS) is 29.3. The molecule has 1 rings (SSSR count). The third-order valence-electron chi connectivity index (χ3n) is 1.65. The third kappa shape index (κ3) is 4.73. The minimum atomic E-state index is 1.02. The van der Waals surface area contributed by atoms with Crippen LogP contribution in [0.25, 0.3) is 0 Å². The van der Waals surface area contributed by atoms with Crippen molar-refractivity contribution < 1.29 is 0 Å². The van der Waals surface area contributed by atoms with Crippen molar-refractivity contribution in [2.45, 2.75) is 19.3 Å². The van der Waals surface area contributed by atoms with Crippen LogP contribution in [0.5, 0.6) is 0 Å². The monoisotopic (exact) mass is 159 g/mol. The molecular weight excluding hydrogens is 144 g/mol. The zero-order valence-corrected chi connectivity index (χ0v) is 7.32. The van der Waals surface area contributed by atoms with Crippen LogP contribution in [0.15, 0.2) is 48.6 Å². The summed E-state index contributed by atoms with van der Waals surface area (Å²) in [7, 11) is 0. The quantitative estimate of drug-likeness (QED) is 0.506. The van der Waals surface area contributed by atoms with Gasteiger partial charge in [0.2, 0.25) is 0 Å². The Labute approximate surface area is 75.0 Å². The molecule has 0 N–H and O–H groups in total. The maximum absolute atomic E-state index is 2.20. The summed E-state index contributed by atoms with van der Waals surface area (Å²) in [4.78, 5) is 0. The molecule has 0 bridgehead atoms. The molecule has 0 fully saturated rings. The summed E-state index contributed by atoms with van der Waals surface area (Å²) in [6.07, 6.45) is 22.5. The predicted octanol–water partition coefficient (Wildman–Crippen LogP) is 3.60. The molecule has 0 spiro atoms. The third-order valence-corrected chi connectivity index (χ3v) is 1.65. The second-order valence-electron chi connectivity index (χ2n) is 2.72. The summed E-state index contributed by atoms with van der Waals surface area (Å²) < 4.78 is 0. The SMILES string of the molecule is [CH]1/C=C/C=C\C/C=C\C=C\CC1. The fourth-order valence-corrected chi connectivity index (χ4v) is 0.999. The summed E-state index contributed by atoms with van der Waals surface area (Å²) in [5.74, 6) is 0. The van der Waals surface area contributed by atoms with E-state index in [4.69, 9.17) is 0 Å². The largest absolute Gasteiger partial charge is 0.0845 e. The Morgan fingerprint density at radius 1 is 0.583 bits per heavy atom. The first kappa shape index (κ1) is 9.05. The van der Waals surface area contributed by atoms with E-state index in [-0.39, 0.29) is 0 Å². The van der Waals surface area contributed by atoms with Gasteiger partial charge < -0.3 is 0 Å². The topological polar surface area (TPSA) is 0 Å². The lowest BCUT2D eigenvalue weighted by atomic mass is 10.2. The van der Waals surface area contributed by atoms with E-state index in [1.54, 1.807) is 0 Å². The molecule has 12 heavy (non-hydrogen) atoms. The molecule has 0 nitrogen and oxygen atoms in total. The Kier molecular flexibility index (Phi) is 5.02. The standard InChI is InChI=1S/C12H15/c1-2-4-6-8-10-12-11-9-7-5-3-1/h1-5,8,10-12H,6-7,9H2/b3-1+,4-2-,10-8-,12-11+. The zero-order valence-electron chi connectivity index (χ0n) is 7.32. The highest BCUT2D eigenvalue weighted by atomic mass is 13.9. The minimum absolute atomic E-state index is 1.02. The highest BCUT2D eigenvalue weighted by molar-refractivity contribution is 5.12. The number of hydrogen-bond acceptors (Lipinski definition) is 0. The summed E-state index contributed by atoms with van der Waals surface area (Å²) in [6.45, 7) is 0. The van der Waals surface area contributed by atoms with Gasteiger partial charge in [-0.15, -0.1) is 0 Å². The molecular formula is C12H15.